The van der Waals surface area contributed by atoms with Gasteiger partial charge in [0.15, 0.2) is 0 Å². The molecule has 1 saturated heterocycles. The van der Waals surface area contributed by atoms with Crippen molar-refractivity contribution in [2.75, 3.05) is 26.3 Å². The average molecular weight is 464 g/mol. The summed E-state index contributed by atoms with van der Waals surface area (Å²) in [5.41, 5.74) is 1.70. The van der Waals surface area contributed by atoms with E-state index in [9.17, 15) is 5.11 Å². The fraction of sp³-hybridized carbons (Fsp3) is 0.464. The summed E-state index contributed by atoms with van der Waals surface area (Å²) < 4.78 is 14.0. The third-order valence-electron chi connectivity index (χ3n) is 6.51. The molecule has 1 aromatic heterocycles. The number of nitrogens with zero attached hydrogens (tertiary/aromatic N) is 3. The molecule has 0 amide bonds. The minimum absolute atomic E-state index is 0.341. The molecule has 6 heteroatoms. The van der Waals surface area contributed by atoms with Crippen LogP contribution in [0.2, 0.25) is 0 Å². The molecule has 2 aromatic carbocycles. The van der Waals surface area contributed by atoms with E-state index in [4.69, 9.17) is 9.47 Å². The molecule has 0 unspecified atom stereocenters. The highest BCUT2D eigenvalue weighted by Gasteiger charge is 2.33. The van der Waals surface area contributed by atoms with Crippen LogP contribution < -0.4 is 9.47 Å². The molecule has 182 valence electrons. The monoisotopic (exact) mass is 463 g/mol. The number of aromatic nitrogens is 2. The largest absolute Gasteiger partial charge is 0.492 e. The van der Waals surface area contributed by atoms with Gasteiger partial charge in [0.1, 0.15) is 36.1 Å². The van der Waals surface area contributed by atoms with Crippen molar-refractivity contribution in [1.29, 1.82) is 0 Å². The molecule has 0 aliphatic carbocycles. The van der Waals surface area contributed by atoms with Crippen molar-refractivity contribution in [3.63, 3.8) is 0 Å². The molecular formula is C28H37N3O3. The Morgan fingerprint density at radius 1 is 0.971 bits per heavy atom. The second kappa shape index (κ2) is 11.1. The summed E-state index contributed by atoms with van der Waals surface area (Å²) in [7, 11) is 0. The van der Waals surface area contributed by atoms with Gasteiger partial charge in [0, 0.05) is 37.9 Å². The van der Waals surface area contributed by atoms with E-state index in [2.05, 4.69) is 47.4 Å². The molecule has 1 aliphatic rings. The highest BCUT2D eigenvalue weighted by atomic mass is 16.5. The Balaban J connectivity index is 1.19. The Hall–Kier alpha value is -2.83. The van der Waals surface area contributed by atoms with Gasteiger partial charge in [-0.2, -0.15) is 0 Å². The Kier molecular flexibility index (Phi) is 7.91. The van der Waals surface area contributed by atoms with Gasteiger partial charge in [0.2, 0.25) is 0 Å². The third-order valence-corrected chi connectivity index (χ3v) is 6.51. The smallest absolute Gasteiger partial charge is 0.119 e. The standard InChI is InChI=1S/C28H37N3O3/c1-22(2)27-29-14-17-31(27)18-19-33-25-10-6-24(7-11-25)20-30-15-12-28(32,13-16-30)21-34-26-8-4-23(3)5-9-26/h4-11,14,17,22,32H,12-13,15-16,18-21H2,1-3H3. The Morgan fingerprint density at radius 2 is 1.62 bits per heavy atom. The lowest BCUT2D eigenvalue weighted by molar-refractivity contribution is -0.0537. The van der Waals surface area contributed by atoms with E-state index in [0.29, 0.717) is 32.0 Å². The van der Waals surface area contributed by atoms with Crippen LogP contribution in [0.3, 0.4) is 0 Å². The van der Waals surface area contributed by atoms with Crippen LogP contribution in [0.25, 0.3) is 0 Å². The molecule has 34 heavy (non-hydrogen) atoms. The number of aliphatic hydroxyl groups is 1. The maximum atomic E-state index is 10.9. The van der Waals surface area contributed by atoms with Gasteiger partial charge in [0.25, 0.3) is 0 Å². The van der Waals surface area contributed by atoms with Crippen molar-refractivity contribution in [2.24, 2.45) is 0 Å². The predicted molar refractivity (Wildman–Crippen MR) is 134 cm³/mol. The summed E-state index contributed by atoms with van der Waals surface area (Å²) in [5.74, 6) is 3.19. The molecular weight excluding hydrogens is 426 g/mol. The molecule has 0 saturated carbocycles. The Labute approximate surface area is 203 Å². The first-order valence-corrected chi connectivity index (χ1v) is 12.3. The molecule has 6 nitrogen and oxygen atoms in total. The van der Waals surface area contributed by atoms with Crippen LogP contribution in [-0.2, 0) is 13.1 Å². The number of ether oxygens (including phenoxy) is 2. The van der Waals surface area contributed by atoms with Crippen LogP contribution in [0, 0.1) is 6.92 Å². The zero-order valence-electron chi connectivity index (χ0n) is 20.6. The van der Waals surface area contributed by atoms with Crippen molar-refractivity contribution in [3.05, 3.63) is 77.9 Å². The zero-order valence-corrected chi connectivity index (χ0v) is 20.6. The van der Waals surface area contributed by atoms with E-state index >= 15 is 0 Å². The number of likely N-dealkylation sites (tertiary alicyclic amines) is 1. The maximum Gasteiger partial charge on any atom is 0.119 e. The first-order valence-electron chi connectivity index (χ1n) is 12.3. The van der Waals surface area contributed by atoms with Crippen LogP contribution in [-0.4, -0.2) is 51.5 Å². The van der Waals surface area contributed by atoms with E-state index in [1.165, 1.54) is 11.1 Å². The topological polar surface area (TPSA) is 59.8 Å². The number of hydrogen-bond acceptors (Lipinski definition) is 5. The second-order valence-corrected chi connectivity index (χ2v) is 9.73. The normalized spacial score (nSPS) is 16.0. The fourth-order valence-electron chi connectivity index (χ4n) is 4.35. The Morgan fingerprint density at radius 3 is 2.29 bits per heavy atom. The summed E-state index contributed by atoms with van der Waals surface area (Å²) in [4.78, 5) is 6.82. The number of imidazole rings is 1. The summed E-state index contributed by atoms with van der Waals surface area (Å²) in [6, 6.07) is 16.3. The molecule has 3 aromatic rings. The maximum absolute atomic E-state index is 10.9. The van der Waals surface area contributed by atoms with Crippen molar-refractivity contribution in [2.45, 2.75) is 58.2 Å². The van der Waals surface area contributed by atoms with Crippen LogP contribution in [0.4, 0.5) is 0 Å². The van der Waals surface area contributed by atoms with Gasteiger partial charge in [-0.1, -0.05) is 43.7 Å². The minimum Gasteiger partial charge on any atom is -0.492 e. The van der Waals surface area contributed by atoms with E-state index in [-0.39, 0.29) is 0 Å². The van der Waals surface area contributed by atoms with Crippen molar-refractivity contribution < 1.29 is 14.6 Å². The van der Waals surface area contributed by atoms with Gasteiger partial charge in [-0.3, -0.25) is 4.90 Å². The first kappa shape index (κ1) is 24.3. The highest BCUT2D eigenvalue weighted by Crippen LogP contribution is 2.25. The molecule has 0 spiro atoms. The van der Waals surface area contributed by atoms with Crippen LogP contribution >= 0.6 is 0 Å². The molecule has 0 atom stereocenters. The number of rotatable bonds is 10. The average Bonchev–Trinajstić information content (AvgIpc) is 3.31. The lowest BCUT2D eigenvalue weighted by Gasteiger charge is -2.38. The van der Waals surface area contributed by atoms with E-state index in [0.717, 1.165) is 43.5 Å². The molecule has 0 radical (unpaired) electrons. The van der Waals surface area contributed by atoms with Gasteiger partial charge in [-0.05, 0) is 49.6 Å². The molecule has 0 bridgehead atoms. The summed E-state index contributed by atoms with van der Waals surface area (Å²) in [5, 5.41) is 10.9. The van der Waals surface area contributed by atoms with Gasteiger partial charge in [-0.15, -0.1) is 0 Å². The first-order chi connectivity index (χ1) is 16.4. The van der Waals surface area contributed by atoms with E-state index in [1.807, 2.05) is 48.8 Å². The fourth-order valence-corrected chi connectivity index (χ4v) is 4.35. The summed E-state index contributed by atoms with van der Waals surface area (Å²) in [6.07, 6.45) is 5.29. The molecule has 1 aliphatic heterocycles. The number of hydrogen-bond donors (Lipinski definition) is 1. The summed E-state index contributed by atoms with van der Waals surface area (Å²) in [6.45, 7) is 10.7. The van der Waals surface area contributed by atoms with Crippen molar-refractivity contribution in [3.8, 4) is 11.5 Å². The predicted octanol–water partition coefficient (Wildman–Crippen LogP) is 4.80. The lowest BCUT2D eigenvalue weighted by Crippen LogP contribution is -2.47. The quantitative estimate of drug-likeness (QED) is 0.468. The van der Waals surface area contributed by atoms with Crippen LogP contribution in [0.1, 0.15) is 49.6 Å². The van der Waals surface area contributed by atoms with Crippen LogP contribution in [0.15, 0.2) is 60.9 Å². The molecule has 2 heterocycles. The Bertz CT molecular complexity index is 1020. The number of benzene rings is 2. The molecule has 1 N–H and O–H groups in total. The van der Waals surface area contributed by atoms with E-state index in [1.54, 1.807) is 0 Å². The third kappa shape index (κ3) is 6.61. The van der Waals surface area contributed by atoms with Gasteiger partial charge < -0.3 is 19.1 Å². The van der Waals surface area contributed by atoms with Crippen LogP contribution in [0.5, 0.6) is 11.5 Å². The molecule has 1 fully saturated rings. The summed E-state index contributed by atoms with van der Waals surface area (Å²) >= 11 is 0. The number of piperidine rings is 1. The second-order valence-electron chi connectivity index (χ2n) is 9.73. The van der Waals surface area contributed by atoms with Gasteiger partial charge >= 0.3 is 0 Å². The lowest BCUT2D eigenvalue weighted by atomic mass is 9.92. The minimum atomic E-state index is -0.760. The highest BCUT2D eigenvalue weighted by molar-refractivity contribution is 5.28. The van der Waals surface area contributed by atoms with Crippen molar-refractivity contribution in [1.82, 2.24) is 14.5 Å². The van der Waals surface area contributed by atoms with Gasteiger partial charge in [0.05, 0.1) is 6.54 Å². The van der Waals surface area contributed by atoms with E-state index < -0.39 is 5.60 Å². The zero-order chi connectivity index (χ0) is 24.0. The van der Waals surface area contributed by atoms with Crippen molar-refractivity contribution >= 4 is 0 Å². The van der Waals surface area contributed by atoms with Gasteiger partial charge in [-0.25, -0.2) is 4.98 Å². The number of aryl methyl sites for hydroxylation is 1. The SMILES string of the molecule is Cc1ccc(OCC2(O)CCN(Cc3ccc(OCCn4ccnc4C(C)C)cc3)CC2)cc1. The molecule has 4 rings (SSSR count).